The van der Waals surface area contributed by atoms with Crippen LogP contribution in [0.25, 0.3) is 0 Å². The normalized spacial score (nSPS) is 0. The third-order valence-corrected chi connectivity index (χ3v) is 0. The van der Waals surface area contributed by atoms with E-state index in [9.17, 15) is 0 Å². The molecule has 0 saturated heterocycles. The summed E-state index contributed by atoms with van der Waals surface area (Å²) in [5, 5.41) is 0. The molecular formula is H4F4Th. The van der Waals surface area contributed by atoms with E-state index in [2.05, 4.69) is 0 Å². The first-order chi connectivity index (χ1) is 0. The Balaban J connectivity index is 0. The summed E-state index contributed by atoms with van der Waals surface area (Å²) in [5.41, 5.74) is 0. The van der Waals surface area contributed by atoms with Crippen molar-refractivity contribution in [2.24, 2.45) is 0 Å². The maximum absolute atomic E-state index is 0. The second-order valence-electron chi connectivity index (χ2n) is 0. The van der Waals surface area contributed by atoms with Gasteiger partial charge in [-0.05, 0) is 0 Å². The van der Waals surface area contributed by atoms with E-state index in [1.54, 1.807) is 0 Å². The molecule has 0 radical (unpaired) electrons. The Morgan fingerprint density at radius 1 is 0.400 bits per heavy atom. The van der Waals surface area contributed by atoms with Crippen LogP contribution >= 0.6 is 0 Å². The third-order valence-electron chi connectivity index (χ3n) is 0. The maximum atomic E-state index is 0. The number of hydrogen-bond acceptors (Lipinski definition) is 0. The Hall–Kier alpha value is 1.04. The van der Waals surface area contributed by atoms with Gasteiger partial charge >= 0.3 is 0 Å². The van der Waals surface area contributed by atoms with Gasteiger partial charge in [-0.3, -0.25) is 18.8 Å². The largest absolute Gasteiger partial charge is 0.269 e. The zero-order chi connectivity index (χ0) is 0. The van der Waals surface area contributed by atoms with Crippen molar-refractivity contribution in [3.8, 4) is 0 Å². The van der Waals surface area contributed by atoms with E-state index in [1.807, 2.05) is 0 Å². The minimum absolute atomic E-state index is 0. The molecule has 0 nitrogen and oxygen atoms in total. The predicted molar refractivity (Wildman–Crippen MR) is 10.0 cm³/mol. The molecule has 0 aromatic rings. The molecule has 0 aliphatic carbocycles. The average Bonchev–Trinajstić information content (AvgIpc) is 0. The first-order valence-corrected chi connectivity index (χ1v) is 0. The summed E-state index contributed by atoms with van der Waals surface area (Å²) in [5.74, 6) is 0. The van der Waals surface area contributed by atoms with Crippen LogP contribution < -0.4 is 0 Å². The van der Waals surface area contributed by atoms with Gasteiger partial charge in [0, 0.05) is 39.9 Å². The molecule has 5 heteroatoms. The number of hydrogen-bond donors (Lipinski definition) is 0. The van der Waals surface area contributed by atoms with E-state index in [4.69, 9.17) is 0 Å². The third kappa shape index (κ3) is 42.9. The summed E-state index contributed by atoms with van der Waals surface area (Å²) < 4.78 is 0. The second kappa shape index (κ2) is 75.6. The standard InChI is InChI=1S/4FH.Th/h4*1H;. The first-order valence-electron chi connectivity index (χ1n) is 0. The molecule has 0 spiro atoms. The van der Waals surface area contributed by atoms with Crippen molar-refractivity contribution in [3.63, 3.8) is 0 Å². The number of halogens is 4. The van der Waals surface area contributed by atoms with Crippen molar-refractivity contribution in [1.82, 2.24) is 0 Å². The smallest absolute Gasteiger partial charge is 0 e. The van der Waals surface area contributed by atoms with Crippen LogP contribution in [0.15, 0.2) is 0 Å². The topological polar surface area (TPSA) is 0 Å². The van der Waals surface area contributed by atoms with Crippen LogP contribution in [0, 0.1) is 39.9 Å². The van der Waals surface area contributed by atoms with Gasteiger partial charge in [-0.1, -0.05) is 0 Å². The quantitative estimate of drug-likeness (QED) is 0.575. The molecule has 0 fully saturated rings. The molecule has 0 aromatic carbocycles. The second-order valence-corrected chi connectivity index (χ2v) is 0. The molecule has 5 heavy (non-hydrogen) atoms. The molecule has 0 N–H and O–H groups in total. The van der Waals surface area contributed by atoms with E-state index in [0.717, 1.165) is 0 Å². The van der Waals surface area contributed by atoms with Gasteiger partial charge < -0.3 is 0 Å². The van der Waals surface area contributed by atoms with Gasteiger partial charge in [-0.25, -0.2) is 0 Å². The molecule has 0 atom stereocenters. The van der Waals surface area contributed by atoms with Crippen molar-refractivity contribution in [1.29, 1.82) is 0 Å². The first kappa shape index (κ1) is 141. The summed E-state index contributed by atoms with van der Waals surface area (Å²) >= 11 is 0. The van der Waals surface area contributed by atoms with Crippen molar-refractivity contribution in [3.05, 3.63) is 0 Å². The summed E-state index contributed by atoms with van der Waals surface area (Å²) in [6, 6.07) is 0. The van der Waals surface area contributed by atoms with E-state index in [-0.39, 0.29) is 58.8 Å². The molecule has 0 rings (SSSR count). The molecule has 0 amide bonds. The van der Waals surface area contributed by atoms with Gasteiger partial charge in [0.25, 0.3) is 0 Å². The summed E-state index contributed by atoms with van der Waals surface area (Å²) in [7, 11) is 0. The maximum Gasteiger partial charge on any atom is 0 e. The summed E-state index contributed by atoms with van der Waals surface area (Å²) in [6.07, 6.45) is 0. The van der Waals surface area contributed by atoms with Crippen LogP contribution in [-0.4, -0.2) is 0 Å². The molecule has 0 heterocycles. The monoisotopic (exact) mass is 312 g/mol. The Morgan fingerprint density at radius 3 is 0.400 bits per heavy atom. The van der Waals surface area contributed by atoms with Crippen LogP contribution in [0.3, 0.4) is 0 Å². The van der Waals surface area contributed by atoms with Crippen LogP contribution in [0.2, 0.25) is 0 Å². The van der Waals surface area contributed by atoms with Crippen LogP contribution in [0.5, 0.6) is 0 Å². The van der Waals surface area contributed by atoms with Gasteiger partial charge in [-0.2, -0.15) is 0 Å². The molecule has 0 aliphatic rings. The molecule has 0 unspecified atom stereocenters. The van der Waals surface area contributed by atoms with Gasteiger partial charge in [-0.15, -0.1) is 0 Å². The fourth-order valence-corrected chi connectivity index (χ4v) is 0. The Bertz CT molecular complexity index is 3.61. The molecule has 36 valence electrons. The van der Waals surface area contributed by atoms with Crippen LogP contribution in [0.1, 0.15) is 0 Å². The van der Waals surface area contributed by atoms with Crippen molar-refractivity contribution in [2.75, 3.05) is 0 Å². The Kier molecular flexibility index (Phi) is 2130. The summed E-state index contributed by atoms with van der Waals surface area (Å²) in [6.45, 7) is 0. The molecule has 0 aromatic heterocycles. The molecule has 0 bridgehead atoms. The average molecular weight is 312 g/mol. The Morgan fingerprint density at radius 2 is 0.400 bits per heavy atom. The fourth-order valence-electron chi connectivity index (χ4n) is 0. The van der Waals surface area contributed by atoms with Crippen LogP contribution in [-0.2, 0) is 0 Å². The SMILES string of the molecule is F.F.F.F.[Th]. The zero-order valence-corrected chi connectivity index (χ0v) is 6.24. The van der Waals surface area contributed by atoms with Crippen molar-refractivity contribution >= 4 is 0 Å². The van der Waals surface area contributed by atoms with Gasteiger partial charge in [0.2, 0.25) is 0 Å². The minimum atomic E-state index is 0. The van der Waals surface area contributed by atoms with Gasteiger partial charge in [0.15, 0.2) is 0 Å². The van der Waals surface area contributed by atoms with Crippen molar-refractivity contribution in [2.45, 2.75) is 0 Å². The Labute approximate surface area is 58.5 Å². The molecule has 0 aliphatic heterocycles. The van der Waals surface area contributed by atoms with Gasteiger partial charge in [0.05, 0.1) is 0 Å². The minimum Gasteiger partial charge on any atom is -0.269 e. The zero-order valence-electron chi connectivity index (χ0n) is 2.13. The van der Waals surface area contributed by atoms with Gasteiger partial charge in [0.1, 0.15) is 0 Å². The summed E-state index contributed by atoms with van der Waals surface area (Å²) in [4.78, 5) is 0. The van der Waals surface area contributed by atoms with Crippen molar-refractivity contribution < 1.29 is 58.8 Å². The van der Waals surface area contributed by atoms with E-state index in [1.165, 1.54) is 0 Å². The predicted octanol–water partition coefficient (Wildman–Crippen LogP) is 0.610. The molecule has 0 saturated carbocycles. The van der Waals surface area contributed by atoms with Crippen LogP contribution in [0.4, 0.5) is 18.8 Å². The molecular weight excluding hydrogens is 308 g/mol. The van der Waals surface area contributed by atoms with E-state index >= 15 is 0 Å². The van der Waals surface area contributed by atoms with E-state index in [0.29, 0.717) is 0 Å². The van der Waals surface area contributed by atoms with E-state index < -0.39 is 0 Å². The fraction of sp³-hybridized carbons (Fsp3) is 0. The number of rotatable bonds is 0.